The minimum Gasteiger partial charge on any atom is -0.481 e. The average molecular weight is 431 g/mol. The topological polar surface area (TPSA) is 46.5 Å². The molecular weight excluding hydrogens is 388 g/mol. The Kier molecular flexibility index (Phi) is 7.18. The molecule has 2 aliphatic carbocycles. The fourth-order valence-electron chi connectivity index (χ4n) is 5.16. The lowest BCUT2D eigenvalue weighted by Crippen LogP contribution is -2.44. The highest BCUT2D eigenvalue weighted by molar-refractivity contribution is 6.74. The van der Waals surface area contributed by atoms with Gasteiger partial charge in [-0.1, -0.05) is 64.3 Å². The summed E-state index contributed by atoms with van der Waals surface area (Å²) >= 11 is 0. The molecule has 2 fully saturated rings. The van der Waals surface area contributed by atoms with Crippen molar-refractivity contribution in [1.29, 1.82) is 0 Å². The molecule has 0 amide bonds. The van der Waals surface area contributed by atoms with E-state index < -0.39 is 19.7 Å². The molecule has 0 bridgehead atoms. The highest BCUT2D eigenvalue weighted by Gasteiger charge is 2.42. The molecule has 0 spiro atoms. The quantitative estimate of drug-likeness (QED) is 0.490. The van der Waals surface area contributed by atoms with Gasteiger partial charge < -0.3 is 9.53 Å². The summed E-state index contributed by atoms with van der Waals surface area (Å²) in [4.78, 5) is 12.2. The molecule has 0 aromatic heterocycles. The third-order valence-electron chi connectivity index (χ3n) is 8.18. The van der Waals surface area contributed by atoms with E-state index in [1.165, 1.54) is 18.4 Å². The molecular formula is C26H42O3Si. The van der Waals surface area contributed by atoms with E-state index in [1.54, 1.807) is 0 Å². The Balaban J connectivity index is 1.61. The Morgan fingerprint density at radius 1 is 1.10 bits per heavy atom. The predicted octanol–water partition coefficient (Wildman–Crippen LogP) is 7.10. The van der Waals surface area contributed by atoms with Crippen molar-refractivity contribution in [1.82, 2.24) is 0 Å². The van der Waals surface area contributed by atoms with Crippen LogP contribution in [0, 0.1) is 5.92 Å². The standard InChI is InChI=1S/C26H42O3Si/c1-25(2,3)30(4,5)29-23-14-12-20(13-15-23)18-21-10-9-11-22(19-21)26(24(27)28)16-7-6-8-17-26/h9-11,19-20,23H,6-8,12-18H2,1-5H3,(H,27,28). The lowest BCUT2D eigenvalue weighted by molar-refractivity contribution is -0.145. The maximum absolute atomic E-state index is 12.2. The van der Waals surface area contributed by atoms with E-state index in [0.29, 0.717) is 12.0 Å². The van der Waals surface area contributed by atoms with E-state index in [4.69, 9.17) is 4.43 Å². The molecule has 1 aromatic rings. The van der Waals surface area contributed by atoms with Crippen LogP contribution in [-0.4, -0.2) is 25.5 Å². The zero-order valence-electron chi connectivity index (χ0n) is 19.8. The number of benzene rings is 1. The second-order valence-electron chi connectivity index (χ2n) is 11.4. The van der Waals surface area contributed by atoms with Crippen LogP contribution in [0.1, 0.15) is 89.7 Å². The number of rotatable bonds is 6. The monoisotopic (exact) mass is 430 g/mol. The van der Waals surface area contributed by atoms with Crippen molar-refractivity contribution in [2.45, 2.75) is 115 Å². The molecule has 3 nitrogen and oxygen atoms in total. The lowest BCUT2D eigenvalue weighted by Gasteiger charge is -2.41. The van der Waals surface area contributed by atoms with Crippen LogP contribution in [0.5, 0.6) is 0 Å². The molecule has 0 aliphatic heterocycles. The molecule has 3 rings (SSSR count). The van der Waals surface area contributed by atoms with Crippen LogP contribution in [0.15, 0.2) is 24.3 Å². The van der Waals surface area contributed by atoms with Crippen LogP contribution in [0.3, 0.4) is 0 Å². The van der Waals surface area contributed by atoms with E-state index in [-0.39, 0.29) is 5.04 Å². The SMILES string of the molecule is CC(C)(C)[Si](C)(C)OC1CCC(Cc2cccc(C3(C(=O)O)CCCCC3)c2)CC1. The van der Waals surface area contributed by atoms with Gasteiger partial charge in [0.2, 0.25) is 0 Å². The molecule has 0 saturated heterocycles. The smallest absolute Gasteiger partial charge is 0.314 e. The second-order valence-corrected chi connectivity index (χ2v) is 16.1. The third-order valence-corrected chi connectivity index (χ3v) is 12.7. The van der Waals surface area contributed by atoms with Crippen molar-refractivity contribution in [2.24, 2.45) is 5.92 Å². The molecule has 30 heavy (non-hydrogen) atoms. The molecule has 1 aromatic carbocycles. The summed E-state index contributed by atoms with van der Waals surface area (Å²) in [6.45, 7) is 11.7. The number of aliphatic carboxylic acids is 1. The zero-order chi connectivity index (χ0) is 22.0. The Bertz CT molecular complexity index is 720. The second kappa shape index (κ2) is 9.16. The Labute approximate surface area is 184 Å². The summed E-state index contributed by atoms with van der Waals surface area (Å²) in [6.07, 6.45) is 11.0. The Hall–Kier alpha value is -1.13. The van der Waals surface area contributed by atoms with Crippen LogP contribution in [0.2, 0.25) is 18.1 Å². The summed E-state index contributed by atoms with van der Waals surface area (Å²) in [6, 6.07) is 8.53. The van der Waals surface area contributed by atoms with Crippen molar-refractivity contribution in [2.75, 3.05) is 0 Å². The molecule has 0 radical (unpaired) electrons. The Morgan fingerprint density at radius 3 is 2.30 bits per heavy atom. The first kappa shape index (κ1) is 23.5. The fourth-order valence-corrected chi connectivity index (χ4v) is 6.58. The van der Waals surface area contributed by atoms with E-state index in [2.05, 4.69) is 52.1 Å². The van der Waals surface area contributed by atoms with E-state index >= 15 is 0 Å². The van der Waals surface area contributed by atoms with Crippen molar-refractivity contribution in [3.8, 4) is 0 Å². The summed E-state index contributed by atoms with van der Waals surface area (Å²) in [5, 5.41) is 10.3. The lowest BCUT2D eigenvalue weighted by atomic mass is 9.69. The van der Waals surface area contributed by atoms with Gasteiger partial charge >= 0.3 is 5.97 Å². The van der Waals surface area contributed by atoms with E-state index in [1.807, 2.05) is 6.07 Å². The summed E-state index contributed by atoms with van der Waals surface area (Å²) in [5.41, 5.74) is 1.68. The van der Waals surface area contributed by atoms with Gasteiger partial charge in [-0.05, 0) is 80.1 Å². The number of carbonyl (C=O) groups is 1. The van der Waals surface area contributed by atoms with Gasteiger partial charge in [-0.15, -0.1) is 0 Å². The van der Waals surface area contributed by atoms with Crippen molar-refractivity contribution < 1.29 is 14.3 Å². The molecule has 168 valence electrons. The van der Waals surface area contributed by atoms with Crippen LogP contribution in [0.4, 0.5) is 0 Å². The van der Waals surface area contributed by atoms with Gasteiger partial charge in [-0.3, -0.25) is 4.79 Å². The number of hydrogen-bond donors (Lipinski definition) is 1. The number of carboxylic acid groups (broad SMARTS) is 1. The van der Waals surface area contributed by atoms with Crippen LogP contribution >= 0.6 is 0 Å². The number of hydrogen-bond acceptors (Lipinski definition) is 2. The van der Waals surface area contributed by atoms with Crippen molar-refractivity contribution in [3.63, 3.8) is 0 Å². The highest BCUT2D eigenvalue weighted by Crippen LogP contribution is 2.42. The van der Waals surface area contributed by atoms with Gasteiger partial charge in [-0.25, -0.2) is 0 Å². The van der Waals surface area contributed by atoms with Crippen molar-refractivity contribution >= 4 is 14.3 Å². The van der Waals surface area contributed by atoms with E-state index in [9.17, 15) is 9.90 Å². The highest BCUT2D eigenvalue weighted by atomic mass is 28.4. The van der Waals surface area contributed by atoms with Gasteiger partial charge in [0.05, 0.1) is 5.41 Å². The molecule has 0 heterocycles. The summed E-state index contributed by atoms with van der Waals surface area (Å²) in [7, 11) is -1.69. The van der Waals surface area contributed by atoms with Crippen LogP contribution in [0.25, 0.3) is 0 Å². The minimum absolute atomic E-state index is 0.267. The number of carboxylic acids is 1. The molecule has 0 atom stereocenters. The van der Waals surface area contributed by atoms with Crippen molar-refractivity contribution in [3.05, 3.63) is 35.4 Å². The normalized spacial score (nSPS) is 25.1. The zero-order valence-corrected chi connectivity index (χ0v) is 20.8. The fraction of sp³-hybridized carbons (Fsp3) is 0.731. The molecule has 0 unspecified atom stereocenters. The first-order valence-electron chi connectivity index (χ1n) is 12.0. The maximum atomic E-state index is 12.2. The van der Waals surface area contributed by atoms with Gasteiger partial charge in [-0.2, -0.15) is 0 Å². The molecule has 2 saturated carbocycles. The van der Waals surface area contributed by atoms with Crippen LogP contribution < -0.4 is 0 Å². The van der Waals surface area contributed by atoms with Gasteiger partial charge in [0.15, 0.2) is 8.32 Å². The molecule has 4 heteroatoms. The molecule has 2 aliphatic rings. The maximum Gasteiger partial charge on any atom is 0.314 e. The van der Waals surface area contributed by atoms with Crippen LogP contribution in [-0.2, 0) is 21.1 Å². The molecule has 1 N–H and O–H groups in total. The first-order chi connectivity index (χ1) is 14.0. The predicted molar refractivity (Wildman–Crippen MR) is 127 cm³/mol. The minimum atomic E-state index is -1.69. The van der Waals surface area contributed by atoms with Gasteiger partial charge in [0.25, 0.3) is 0 Å². The largest absolute Gasteiger partial charge is 0.481 e. The van der Waals surface area contributed by atoms with Gasteiger partial charge in [0.1, 0.15) is 0 Å². The first-order valence-corrected chi connectivity index (χ1v) is 14.9. The summed E-state index contributed by atoms with van der Waals surface area (Å²) in [5.74, 6) is 0.0503. The Morgan fingerprint density at radius 2 is 1.73 bits per heavy atom. The average Bonchev–Trinajstić information content (AvgIpc) is 2.69. The third kappa shape index (κ3) is 5.19. The van der Waals surface area contributed by atoms with E-state index in [0.717, 1.165) is 56.9 Å². The van der Waals surface area contributed by atoms with Gasteiger partial charge in [0, 0.05) is 6.10 Å². The summed E-state index contributed by atoms with van der Waals surface area (Å²) < 4.78 is 6.65.